The van der Waals surface area contributed by atoms with Gasteiger partial charge in [0.25, 0.3) is 0 Å². The molecular weight excluding hydrogens is 300 g/mol. The molecule has 120 valence electrons. The summed E-state index contributed by atoms with van der Waals surface area (Å²) >= 11 is 1.13. The van der Waals surface area contributed by atoms with Crippen molar-refractivity contribution in [2.45, 2.75) is 19.4 Å². The second kappa shape index (κ2) is 8.80. The maximum Gasteiger partial charge on any atom is 0.313 e. The Morgan fingerprint density at radius 2 is 2.00 bits per heavy atom. The molecule has 0 aromatic heterocycles. The molecule has 0 radical (unpaired) electrons. The number of hydrogen-bond acceptors (Lipinski definition) is 4. The van der Waals surface area contributed by atoms with Crippen molar-refractivity contribution in [3.63, 3.8) is 0 Å². The molecule has 2 rings (SSSR count). The average molecular weight is 322 g/mol. The highest BCUT2D eigenvalue weighted by atomic mass is 32.2. The lowest BCUT2D eigenvalue weighted by Crippen LogP contribution is -2.34. The lowest BCUT2D eigenvalue weighted by Gasteiger charge is -2.28. The number of amides is 1. The Morgan fingerprint density at radius 1 is 1.23 bits per heavy atom. The van der Waals surface area contributed by atoms with Gasteiger partial charge in [0, 0.05) is 26.2 Å². The molecule has 0 fully saturated rings. The fourth-order valence-electron chi connectivity index (χ4n) is 2.56. The predicted molar refractivity (Wildman–Crippen MR) is 88.0 cm³/mol. The third kappa shape index (κ3) is 5.69. The van der Waals surface area contributed by atoms with Crippen molar-refractivity contribution >= 4 is 23.6 Å². The molecule has 6 heteroatoms. The van der Waals surface area contributed by atoms with Crippen molar-refractivity contribution in [2.75, 3.05) is 31.1 Å². The molecule has 1 heterocycles. The minimum Gasteiger partial charge on any atom is -0.481 e. The topological polar surface area (TPSA) is 69.6 Å². The van der Waals surface area contributed by atoms with E-state index >= 15 is 0 Å². The van der Waals surface area contributed by atoms with Crippen LogP contribution in [0.15, 0.2) is 24.3 Å². The van der Waals surface area contributed by atoms with Crippen LogP contribution in [-0.2, 0) is 22.6 Å². The Balaban J connectivity index is 1.58. The normalized spacial score (nSPS) is 14.4. The molecular formula is C16H22N2O3S. The summed E-state index contributed by atoms with van der Waals surface area (Å²) in [4.78, 5) is 24.3. The number of rotatable bonds is 8. The largest absolute Gasteiger partial charge is 0.481 e. The standard InChI is InChI=1S/C16H22N2O3S/c19-15(11-22-12-16(20)21)17-7-3-8-18-9-6-13-4-1-2-5-14(13)10-18/h1-2,4-5H,3,6-12H2,(H,17,19)(H,20,21). The van der Waals surface area contributed by atoms with Gasteiger partial charge in [0.15, 0.2) is 0 Å². The number of carbonyl (C=O) groups is 2. The van der Waals surface area contributed by atoms with Crippen molar-refractivity contribution < 1.29 is 14.7 Å². The van der Waals surface area contributed by atoms with Gasteiger partial charge in [-0.2, -0.15) is 0 Å². The minimum absolute atomic E-state index is 0.0272. The molecule has 0 aliphatic carbocycles. The van der Waals surface area contributed by atoms with Crippen LogP contribution in [0.4, 0.5) is 0 Å². The molecule has 0 spiro atoms. The first-order valence-corrected chi connectivity index (χ1v) is 8.66. The fourth-order valence-corrected chi connectivity index (χ4v) is 3.12. The Kier molecular flexibility index (Phi) is 6.74. The third-order valence-corrected chi connectivity index (χ3v) is 4.56. The maximum absolute atomic E-state index is 11.5. The number of thioether (sulfide) groups is 1. The number of aliphatic carboxylic acids is 1. The Labute approximate surface area is 135 Å². The van der Waals surface area contributed by atoms with E-state index in [0.717, 1.165) is 44.2 Å². The summed E-state index contributed by atoms with van der Waals surface area (Å²) in [5.74, 6) is -0.789. The van der Waals surface area contributed by atoms with E-state index in [2.05, 4.69) is 34.5 Å². The van der Waals surface area contributed by atoms with Gasteiger partial charge in [-0.15, -0.1) is 11.8 Å². The number of carboxylic acid groups (broad SMARTS) is 1. The number of benzene rings is 1. The lowest BCUT2D eigenvalue weighted by atomic mass is 10.00. The van der Waals surface area contributed by atoms with E-state index < -0.39 is 5.97 Å². The molecule has 0 saturated heterocycles. The number of carboxylic acids is 1. The van der Waals surface area contributed by atoms with Gasteiger partial charge in [-0.05, 0) is 24.0 Å². The molecule has 1 aliphatic heterocycles. The summed E-state index contributed by atoms with van der Waals surface area (Å²) in [6.07, 6.45) is 2.01. The lowest BCUT2D eigenvalue weighted by molar-refractivity contribution is -0.133. The van der Waals surface area contributed by atoms with Crippen LogP contribution in [0, 0.1) is 0 Å². The van der Waals surface area contributed by atoms with Crippen LogP contribution in [0.2, 0.25) is 0 Å². The Morgan fingerprint density at radius 3 is 2.77 bits per heavy atom. The maximum atomic E-state index is 11.5. The molecule has 22 heavy (non-hydrogen) atoms. The third-order valence-electron chi connectivity index (χ3n) is 3.64. The first kappa shape index (κ1) is 16.8. The van der Waals surface area contributed by atoms with Gasteiger partial charge in [0.05, 0.1) is 11.5 Å². The second-order valence-electron chi connectivity index (χ2n) is 5.38. The summed E-state index contributed by atoms with van der Waals surface area (Å²) in [6, 6.07) is 8.55. The van der Waals surface area contributed by atoms with E-state index in [9.17, 15) is 9.59 Å². The van der Waals surface area contributed by atoms with Crippen LogP contribution in [-0.4, -0.2) is 53.0 Å². The summed E-state index contributed by atoms with van der Waals surface area (Å²) in [5, 5.41) is 11.3. The summed E-state index contributed by atoms with van der Waals surface area (Å²) in [7, 11) is 0. The van der Waals surface area contributed by atoms with Gasteiger partial charge >= 0.3 is 5.97 Å². The minimum atomic E-state index is -0.886. The molecule has 0 bridgehead atoms. The van der Waals surface area contributed by atoms with Crippen LogP contribution >= 0.6 is 11.8 Å². The van der Waals surface area contributed by atoms with Crippen molar-refractivity contribution in [3.8, 4) is 0 Å². The van der Waals surface area contributed by atoms with E-state index in [-0.39, 0.29) is 17.4 Å². The van der Waals surface area contributed by atoms with E-state index in [1.54, 1.807) is 0 Å². The number of nitrogens with one attached hydrogen (secondary N) is 1. The highest BCUT2D eigenvalue weighted by Gasteiger charge is 2.14. The van der Waals surface area contributed by atoms with E-state index in [0.29, 0.717) is 6.54 Å². The average Bonchev–Trinajstić information content (AvgIpc) is 2.51. The van der Waals surface area contributed by atoms with E-state index in [1.165, 1.54) is 11.1 Å². The molecule has 2 N–H and O–H groups in total. The van der Waals surface area contributed by atoms with Gasteiger partial charge in [0.1, 0.15) is 0 Å². The quantitative estimate of drug-likeness (QED) is 0.708. The molecule has 1 aromatic carbocycles. The second-order valence-corrected chi connectivity index (χ2v) is 6.37. The number of fused-ring (bicyclic) bond motifs is 1. The highest BCUT2D eigenvalue weighted by molar-refractivity contribution is 8.00. The highest BCUT2D eigenvalue weighted by Crippen LogP contribution is 2.18. The molecule has 5 nitrogen and oxygen atoms in total. The van der Waals surface area contributed by atoms with Gasteiger partial charge in [-0.1, -0.05) is 24.3 Å². The van der Waals surface area contributed by atoms with Gasteiger partial charge in [-0.3, -0.25) is 14.5 Å². The number of nitrogens with zero attached hydrogens (tertiary/aromatic N) is 1. The zero-order valence-corrected chi connectivity index (χ0v) is 13.4. The van der Waals surface area contributed by atoms with Crippen LogP contribution in [0.3, 0.4) is 0 Å². The van der Waals surface area contributed by atoms with Crippen molar-refractivity contribution in [3.05, 3.63) is 35.4 Å². The predicted octanol–water partition coefficient (Wildman–Crippen LogP) is 1.37. The van der Waals surface area contributed by atoms with Crippen LogP contribution in [0.1, 0.15) is 17.5 Å². The van der Waals surface area contributed by atoms with Crippen molar-refractivity contribution in [1.29, 1.82) is 0 Å². The van der Waals surface area contributed by atoms with Gasteiger partial charge in [-0.25, -0.2) is 0 Å². The number of carbonyl (C=O) groups excluding carboxylic acids is 1. The molecule has 1 aliphatic rings. The van der Waals surface area contributed by atoms with Crippen molar-refractivity contribution in [1.82, 2.24) is 10.2 Å². The monoisotopic (exact) mass is 322 g/mol. The Bertz CT molecular complexity index is 522. The number of hydrogen-bond donors (Lipinski definition) is 2. The molecule has 1 aromatic rings. The van der Waals surface area contributed by atoms with Crippen molar-refractivity contribution in [2.24, 2.45) is 0 Å². The SMILES string of the molecule is O=C(O)CSCC(=O)NCCCN1CCc2ccccc2C1. The first-order chi connectivity index (χ1) is 10.6. The van der Waals surface area contributed by atoms with Crippen LogP contribution in [0.25, 0.3) is 0 Å². The van der Waals surface area contributed by atoms with Crippen LogP contribution in [0.5, 0.6) is 0 Å². The van der Waals surface area contributed by atoms with Crippen LogP contribution < -0.4 is 5.32 Å². The molecule has 0 unspecified atom stereocenters. The van der Waals surface area contributed by atoms with Gasteiger partial charge < -0.3 is 10.4 Å². The molecule has 0 saturated carbocycles. The first-order valence-electron chi connectivity index (χ1n) is 7.50. The zero-order chi connectivity index (χ0) is 15.8. The smallest absolute Gasteiger partial charge is 0.313 e. The summed E-state index contributed by atoms with van der Waals surface area (Å²) in [6.45, 7) is 3.67. The Hall–Kier alpha value is -1.53. The van der Waals surface area contributed by atoms with E-state index in [1.807, 2.05) is 0 Å². The summed E-state index contributed by atoms with van der Waals surface area (Å²) in [5.41, 5.74) is 2.85. The summed E-state index contributed by atoms with van der Waals surface area (Å²) < 4.78 is 0. The molecule has 0 atom stereocenters. The molecule has 1 amide bonds. The van der Waals surface area contributed by atoms with Gasteiger partial charge in [0.2, 0.25) is 5.91 Å². The zero-order valence-electron chi connectivity index (χ0n) is 12.6. The fraction of sp³-hybridized carbons (Fsp3) is 0.500. The van der Waals surface area contributed by atoms with E-state index in [4.69, 9.17) is 5.11 Å².